The SMILES string of the molecule is COC(=O)C1=CC([N+](=O)[O-])=NC1. The van der Waals surface area contributed by atoms with E-state index in [1.807, 2.05) is 0 Å². The summed E-state index contributed by atoms with van der Waals surface area (Å²) in [6.45, 7) is 0.0307. The van der Waals surface area contributed by atoms with Gasteiger partial charge < -0.3 is 14.9 Å². The Morgan fingerprint density at radius 2 is 2.50 bits per heavy atom. The van der Waals surface area contributed by atoms with Gasteiger partial charge in [0, 0.05) is 0 Å². The number of ether oxygens (including phenoxy) is 1. The minimum absolute atomic E-state index is 0.0307. The third-order valence-electron chi connectivity index (χ3n) is 1.35. The van der Waals surface area contributed by atoms with Crippen molar-refractivity contribution in [2.24, 2.45) is 4.99 Å². The van der Waals surface area contributed by atoms with E-state index >= 15 is 0 Å². The summed E-state index contributed by atoms with van der Waals surface area (Å²) in [6, 6.07) is 0. The maximum absolute atomic E-state index is 10.8. The fourth-order valence-corrected chi connectivity index (χ4v) is 0.778. The molecule has 0 atom stereocenters. The van der Waals surface area contributed by atoms with E-state index in [-0.39, 0.29) is 18.0 Å². The van der Waals surface area contributed by atoms with Crippen LogP contribution in [0.4, 0.5) is 0 Å². The van der Waals surface area contributed by atoms with Crippen LogP contribution in [0, 0.1) is 10.1 Å². The van der Waals surface area contributed by atoms with Crippen LogP contribution in [0.1, 0.15) is 0 Å². The Kier molecular flexibility index (Phi) is 2.18. The van der Waals surface area contributed by atoms with Crippen LogP contribution < -0.4 is 0 Å². The summed E-state index contributed by atoms with van der Waals surface area (Å²) in [5, 5.41) is 10.1. The molecule has 0 N–H and O–H groups in total. The van der Waals surface area contributed by atoms with Gasteiger partial charge in [0.05, 0.1) is 18.8 Å². The molecule has 0 aromatic heterocycles. The fraction of sp³-hybridized carbons (Fsp3) is 0.333. The highest BCUT2D eigenvalue weighted by molar-refractivity contribution is 6.00. The molecule has 0 aromatic carbocycles. The van der Waals surface area contributed by atoms with Crippen molar-refractivity contribution < 1.29 is 14.5 Å². The molecule has 6 nitrogen and oxygen atoms in total. The van der Waals surface area contributed by atoms with Gasteiger partial charge in [-0.05, 0) is 4.92 Å². The van der Waals surface area contributed by atoms with E-state index in [4.69, 9.17) is 0 Å². The number of nitro groups is 1. The standard InChI is InChI=1S/C6H6N2O4/c1-12-6(9)4-2-5(7-3-4)8(10)11/h2H,3H2,1H3. The van der Waals surface area contributed by atoms with Crippen LogP contribution in [0.2, 0.25) is 0 Å². The van der Waals surface area contributed by atoms with E-state index in [1.54, 1.807) is 0 Å². The molecule has 0 saturated carbocycles. The lowest BCUT2D eigenvalue weighted by molar-refractivity contribution is -0.348. The van der Waals surface area contributed by atoms with Crippen LogP contribution in [0.3, 0.4) is 0 Å². The first-order valence-corrected chi connectivity index (χ1v) is 3.13. The number of amidine groups is 1. The summed E-state index contributed by atoms with van der Waals surface area (Å²) in [4.78, 5) is 23.8. The molecule has 12 heavy (non-hydrogen) atoms. The van der Waals surface area contributed by atoms with Gasteiger partial charge in [-0.15, -0.1) is 0 Å². The number of hydrogen-bond acceptors (Lipinski definition) is 5. The number of hydrogen-bond donors (Lipinski definition) is 0. The Hall–Kier alpha value is -1.72. The van der Waals surface area contributed by atoms with Gasteiger partial charge in [-0.1, -0.05) is 4.99 Å². The molecule has 0 amide bonds. The Balaban J connectivity index is 2.73. The molecule has 0 fully saturated rings. The summed E-state index contributed by atoms with van der Waals surface area (Å²) in [5.41, 5.74) is 0.212. The number of carbonyl (C=O) groups is 1. The smallest absolute Gasteiger partial charge is 0.359 e. The van der Waals surface area contributed by atoms with Gasteiger partial charge in [-0.2, -0.15) is 0 Å². The van der Waals surface area contributed by atoms with Crippen molar-refractivity contribution in [3.8, 4) is 0 Å². The quantitative estimate of drug-likeness (QED) is 0.309. The van der Waals surface area contributed by atoms with Crippen LogP contribution in [0.5, 0.6) is 0 Å². The molecular formula is C6H6N2O4. The van der Waals surface area contributed by atoms with Crippen LogP contribution in [0.15, 0.2) is 16.6 Å². The monoisotopic (exact) mass is 170 g/mol. The molecule has 0 saturated heterocycles. The first-order chi connectivity index (χ1) is 5.65. The Morgan fingerprint density at radius 3 is 2.92 bits per heavy atom. The van der Waals surface area contributed by atoms with Gasteiger partial charge in [-0.25, -0.2) is 4.79 Å². The highest BCUT2D eigenvalue weighted by Gasteiger charge is 2.23. The zero-order valence-corrected chi connectivity index (χ0v) is 6.31. The Bertz CT molecular complexity index is 292. The predicted octanol–water partition coefficient (Wildman–Crippen LogP) is -0.225. The molecule has 1 rings (SSSR count). The molecule has 0 unspecified atom stereocenters. The molecule has 0 spiro atoms. The zero-order chi connectivity index (χ0) is 9.14. The molecule has 0 aromatic rings. The molecule has 64 valence electrons. The largest absolute Gasteiger partial charge is 0.466 e. The van der Waals surface area contributed by atoms with Gasteiger partial charge in [0.2, 0.25) is 0 Å². The third-order valence-corrected chi connectivity index (χ3v) is 1.35. The summed E-state index contributed by atoms with van der Waals surface area (Å²) in [7, 11) is 1.22. The van der Waals surface area contributed by atoms with Crippen molar-refractivity contribution in [2.45, 2.75) is 0 Å². The van der Waals surface area contributed by atoms with Crippen molar-refractivity contribution in [3.05, 3.63) is 21.8 Å². The minimum Gasteiger partial charge on any atom is -0.466 e. The first kappa shape index (κ1) is 8.38. The number of esters is 1. The normalized spacial score (nSPS) is 15.1. The van der Waals surface area contributed by atoms with Gasteiger partial charge >= 0.3 is 11.8 Å². The van der Waals surface area contributed by atoms with Crippen LogP contribution in [-0.2, 0) is 9.53 Å². The number of aliphatic imine (C=N–C) groups is 1. The van der Waals surface area contributed by atoms with E-state index < -0.39 is 10.9 Å². The highest BCUT2D eigenvalue weighted by Crippen LogP contribution is 2.06. The maximum atomic E-state index is 10.8. The number of nitrogens with zero attached hydrogens (tertiary/aromatic N) is 2. The molecule has 0 radical (unpaired) electrons. The van der Waals surface area contributed by atoms with E-state index in [0.717, 1.165) is 6.08 Å². The van der Waals surface area contributed by atoms with Crippen molar-refractivity contribution in [3.63, 3.8) is 0 Å². The van der Waals surface area contributed by atoms with Gasteiger partial charge in [0.15, 0.2) is 6.54 Å². The van der Waals surface area contributed by atoms with Crippen LogP contribution in [-0.4, -0.2) is 30.4 Å². The van der Waals surface area contributed by atoms with Crippen molar-refractivity contribution >= 4 is 11.8 Å². The molecule has 0 bridgehead atoms. The molecule has 6 heteroatoms. The van der Waals surface area contributed by atoms with E-state index in [0.29, 0.717) is 0 Å². The Morgan fingerprint density at radius 1 is 1.83 bits per heavy atom. The van der Waals surface area contributed by atoms with E-state index in [2.05, 4.69) is 9.73 Å². The topological polar surface area (TPSA) is 81.8 Å². The first-order valence-electron chi connectivity index (χ1n) is 3.13. The van der Waals surface area contributed by atoms with Crippen molar-refractivity contribution in [2.75, 3.05) is 13.7 Å². The second kappa shape index (κ2) is 3.12. The number of rotatable bonds is 1. The lowest BCUT2D eigenvalue weighted by Gasteiger charge is -1.92. The zero-order valence-electron chi connectivity index (χ0n) is 6.31. The molecule has 0 aliphatic carbocycles. The molecule has 1 aliphatic rings. The van der Waals surface area contributed by atoms with Crippen LogP contribution >= 0.6 is 0 Å². The minimum atomic E-state index is -0.643. The number of carbonyl (C=O) groups excluding carboxylic acids is 1. The summed E-state index contributed by atoms with van der Waals surface area (Å²) in [5.74, 6) is -0.869. The van der Waals surface area contributed by atoms with Gasteiger partial charge in [0.25, 0.3) is 0 Å². The van der Waals surface area contributed by atoms with E-state index in [9.17, 15) is 14.9 Å². The summed E-state index contributed by atoms with van der Waals surface area (Å²) >= 11 is 0. The highest BCUT2D eigenvalue weighted by atomic mass is 16.6. The summed E-state index contributed by atoms with van der Waals surface area (Å²) in [6.07, 6.45) is 1.12. The molecule has 1 aliphatic heterocycles. The lowest BCUT2D eigenvalue weighted by atomic mass is 10.3. The van der Waals surface area contributed by atoms with Crippen LogP contribution in [0.25, 0.3) is 0 Å². The predicted molar refractivity (Wildman–Crippen MR) is 39.4 cm³/mol. The molecule has 1 heterocycles. The second-order valence-corrected chi connectivity index (χ2v) is 2.09. The summed E-state index contributed by atoms with van der Waals surface area (Å²) < 4.78 is 4.36. The van der Waals surface area contributed by atoms with Gasteiger partial charge in [-0.3, -0.25) is 0 Å². The van der Waals surface area contributed by atoms with E-state index in [1.165, 1.54) is 7.11 Å². The second-order valence-electron chi connectivity index (χ2n) is 2.09. The van der Waals surface area contributed by atoms with Crippen molar-refractivity contribution in [1.29, 1.82) is 0 Å². The maximum Gasteiger partial charge on any atom is 0.359 e. The Labute approximate surface area is 67.7 Å². The number of methoxy groups -OCH3 is 1. The fourth-order valence-electron chi connectivity index (χ4n) is 0.778. The average molecular weight is 170 g/mol. The van der Waals surface area contributed by atoms with Crippen molar-refractivity contribution in [1.82, 2.24) is 0 Å². The lowest BCUT2D eigenvalue weighted by Crippen LogP contribution is -2.07. The third kappa shape index (κ3) is 1.47. The van der Waals surface area contributed by atoms with Gasteiger partial charge in [0.1, 0.15) is 0 Å². The average Bonchev–Trinajstić information content (AvgIpc) is 2.51. The molecular weight excluding hydrogens is 164 g/mol.